The zero-order chi connectivity index (χ0) is 16.2. The van der Waals surface area contributed by atoms with Gasteiger partial charge in [0.1, 0.15) is 11.4 Å². The Morgan fingerprint density at radius 2 is 1.50 bits per heavy atom. The van der Waals surface area contributed by atoms with Crippen LogP contribution in [0, 0.1) is 20.8 Å². The van der Waals surface area contributed by atoms with E-state index in [1.807, 2.05) is 0 Å². The highest BCUT2D eigenvalue weighted by atomic mass is 16.5. The predicted octanol–water partition coefficient (Wildman–Crippen LogP) is 6.45. The lowest BCUT2D eigenvalue weighted by Gasteiger charge is -2.29. The first-order valence-corrected chi connectivity index (χ1v) is 9.31. The molecule has 0 spiro atoms. The van der Waals surface area contributed by atoms with Gasteiger partial charge in [0.25, 0.3) is 0 Å². The van der Waals surface area contributed by atoms with Gasteiger partial charge in [-0.15, -0.1) is 0 Å². The summed E-state index contributed by atoms with van der Waals surface area (Å²) >= 11 is 0. The SMILES string of the molecule is CCCCCC1(CCCCC)Cc2c(cc(C)c(C)c2C)O1. The zero-order valence-corrected chi connectivity index (χ0v) is 15.3. The van der Waals surface area contributed by atoms with Crippen molar-refractivity contribution in [3.8, 4) is 5.75 Å². The predicted molar refractivity (Wildman–Crippen MR) is 96.0 cm³/mol. The molecular weight excluding hydrogens is 268 g/mol. The highest BCUT2D eigenvalue weighted by Crippen LogP contribution is 2.44. The van der Waals surface area contributed by atoms with E-state index < -0.39 is 0 Å². The van der Waals surface area contributed by atoms with Crippen LogP contribution in [0.1, 0.15) is 87.5 Å². The van der Waals surface area contributed by atoms with Gasteiger partial charge >= 0.3 is 0 Å². The summed E-state index contributed by atoms with van der Waals surface area (Å²) in [5.74, 6) is 1.17. The molecule has 0 radical (unpaired) electrons. The van der Waals surface area contributed by atoms with E-state index in [0.29, 0.717) is 0 Å². The third-order valence-corrected chi connectivity index (χ3v) is 5.55. The minimum Gasteiger partial charge on any atom is -0.487 e. The van der Waals surface area contributed by atoms with E-state index in [1.165, 1.54) is 79.4 Å². The summed E-state index contributed by atoms with van der Waals surface area (Å²) in [6, 6.07) is 2.28. The third-order valence-electron chi connectivity index (χ3n) is 5.55. The molecular formula is C21H34O. The molecule has 1 nitrogen and oxygen atoms in total. The standard InChI is InChI=1S/C21H34O/c1-6-8-10-12-21(13-11-9-7-2)15-19-18(5)17(4)16(3)14-20(19)22-21/h14H,6-13,15H2,1-5H3. The fraction of sp³-hybridized carbons (Fsp3) is 0.714. The fourth-order valence-electron chi connectivity index (χ4n) is 3.80. The van der Waals surface area contributed by atoms with E-state index in [0.717, 1.165) is 6.42 Å². The first kappa shape index (κ1) is 17.4. The number of unbranched alkanes of at least 4 members (excludes halogenated alkanes) is 4. The summed E-state index contributed by atoms with van der Waals surface area (Å²) in [6.45, 7) is 11.3. The van der Waals surface area contributed by atoms with Crippen molar-refractivity contribution in [1.82, 2.24) is 0 Å². The van der Waals surface area contributed by atoms with Crippen LogP contribution in [0.3, 0.4) is 0 Å². The van der Waals surface area contributed by atoms with Crippen LogP contribution in [0.2, 0.25) is 0 Å². The molecule has 0 bridgehead atoms. The molecule has 0 saturated heterocycles. The number of benzene rings is 1. The third kappa shape index (κ3) is 3.67. The molecule has 0 atom stereocenters. The van der Waals surface area contributed by atoms with Gasteiger partial charge < -0.3 is 4.74 Å². The van der Waals surface area contributed by atoms with Crippen molar-refractivity contribution in [2.24, 2.45) is 0 Å². The Labute approximate surface area is 137 Å². The number of ether oxygens (including phenoxy) is 1. The Morgan fingerprint density at radius 3 is 2.05 bits per heavy atom. The van der Waals surface area contributed by atoms with Crippen molar-refractivity contribution in [3.63, 3.8) is 0 Å². The van der Waals surface area contributed by atoms with Crippen LogP contribution in [-0.4, -0.2) is 5.60 Å². The van der Waals surface area contributed by atoms with E-state index in [9.17, 15) is 0 Å². The smallest absolute Gasteiger partial charge is 0.124 e. The average molecular weight is 303 g/mol. The maximum Gasteiger partial charge on any atom is 0.124 e. The van der Waals surface area contributed by atoms with Gasteiger partial charge in [0, 0.05) is 12.0 Å². The van der Waals surface area contributed by atoms with Crippen molar-refractivity contribution in [2.75, 3.05) is 0 Å². The van der Waals surface area contributed by atoms with Gasteiger partial charge in [-0.25, -0.2) is 0 Å². The molecule has 1 heterocycles. The summed E-state index contributed by atoms with van der Waals surface area (Å²) in [7, 11) is 0. The molecule has 0 N–H and O–H groups in total. The second-order valence-electron chi connectivity index (χ2n) is 7.30. The highest BCUT2D eigenvalue weighted by molar-refractivity contribution is 5.51. The minimum absolute atomic E-state index is 0.0810. The van der Waals surface area contributed by atoms with E-state index in [-0.39, 0.29) is 5.60 Å². The van der Waals surface area contributed by atoms with Crippen LogP contribution in [0.25, 0.3) is 0 Å². The van der Waals surface area contributed by atoms with Crippen LogP contribution in [0.15, 0.2) is 6.07 Å². The first-order valence-electron chi connectivity index (χ1n) is 9.31. The summed E-state index contributed by atoms with van der Waals surface area (Å²) < 4.78 is 6.60. The molecule has 124 valence electrons. The molecule has 1 aliphatic heterocycles. The monoisotopic (exact) mass is 302 g/mol. The Kier molecular flexibility index (Phi) is 5.94. The fourth-order valence-corrected chi connectivity index (χ4v) is 3.80. The molecule has 1 aromatic rings. The number of hydrogen-bond acceptors (Lipinski definition) is 1. The van der Waals surface area contributed by atoms with Gasteiger partial charge in [0.15, 0.2) is 0 Å². The van der Waals surface area contributed by atoms with Crippen LogP contribution in [-0.2, 0) is 6.42 Å². The number of hydrogen-bond donors (Lipinski definition) is 0. The summed E-state index contributed by atoms with van der Waals surface area (Å²) in [4.78, 5) is 0. The van der Waals surface area contributed by atoms with E-state index >= 15 is 0 Å². The van der Waals surface area contributed by atoms with Gasteiger partial charge in [-0.2, -0.15) is 0 Å². The first-order chi connectivity index (χ1) is 10.5. The topological polar surface area (TPSA) is 9.23 Å². The Bertz CT molecular complexity index is 491. The van der Waals surface area contributed by atoms with Gasteiger partial charge in [-0.3, -0.25) is 0 Å². The molecule has 1 aliphatic rings. The largest absolute Gasteiger partial charge is 0.487 e. The van der Waals surface area contributed by atoms with Crippen molar-refractivity contribution >= 4 is 0 Å². The molecule has 0 amide bonds. The number of aryl methyl sites for hydroxylation is 1. The molecule has 1 heteroatoms. The second-order valence-corrected chi connectivity index (χ2v) is 7.30. The van der Waals surface area contributed by atoms with Crippen molar-refractivity contribution < 1.29 is 4.74 Å². The molecule has 0 saturated carbocycles. The number of rotatable bonds is 8. The normalized spacial score (nSPS) is 15.7. The maximum atomic E-state index is 6.60. The van der Waals surface area contributed by atoms with E-state index in [4.69, 9.17) is 4.74 Å². The maximum absolute atomic E-state index is 6.60. The van der Waals surface area contributed by atoms with Crippen LogP contribution in [0.5, 0.6) is 5.75 Å². The number of fused-ring (bicyclic) bond motifs is 1. The zero-order valence-electron chi connectivity index (χ0n) is 15.3. The lowest BCUT2D eigenvalue weighted by Crippen LogP contribution is -2.34. The molecule has 0 aromatic heterocycles. The van der Waals surface area contributed by atoms with Crippen molar-refractivity contribution in [1.29, 1.82) is 0 Å². The lowest BCUT2D eigenvalue weighted by atomic mass is 9.84. The van der Waals surface area contributed by atoms with Gasteiger partial charge in [0.05, 0.1) is 0 Å². The van der Waals surface area contributed by atoms with E-state index in [2.05, 4.69) is 40.7 Å². The molecule has 0 unspecified atom stereocenters. The van der Waals surface area contributed by atoms with E-state index in [1.54, 1.807) is 0 Å². The highest BCUT2D eigenvalue weighted by Gasteiger charge is 2.39. The lowest BCUT2D eigenvalue weighted by molar-refractivity contribution is 0.0687. The Hall–Kier alpha value is -0.980. The van der Waals surface area contributed by atoms with Gasteiger partial charge in [-0.1, -0.05) is 39.5 Å². The Morgan fingerprint density at radius 1 is 0.909 bits per heavy atom. The minimum atomic E-state index is 0.0810. The van der Waals surface area contributed by atoms with Crippen molar-refractivity contribution in [2.45, 2.75) is 98.0 Å². The molecule has 22 heavy (non-hydrogen) atoms. The van der Waals surface area contributed by atoms with Crippen LogP contribution >= 0.6 is 0 Å². The van der Waals surface area contributed by atoms with Gasteiger partial charge in [-0.05, 0) is 69.2 Å². The van der Waals surface area contributed by atoms with Crippen molar-refractivity contribution in [3.05, 3.63) is 28.3 Å². The molecule has 2 rings (SSSR count). The van der Waals surface area contributed by atoms with Crippen LogP contribution in [0.4, 0.5) is 0 Å². The van der Waals surface area contributed by atoms with Gasteiger partial charge in [0.2, 0.25) is 0 Å². The second kappa shape index (κ2) is 7.53. The Balaban J connectivity index is 2.19. The molecule has 0 fully saturated rings. The van der Waals surface area contributed by atoms with Crippen LogP contribution < -0.4 is 4.74 Å². The summed E-state index contributed by atoms with van der Waals surface area (Å²) in [6.07, 6.45) is 11.4. The molecule has 0 aliphatic carbocycles. The molecule has 1 aromatic carbocycles. The average Bonchev–Trinajstić information content (AvgIpc) is 2.85. The summed E-state index contributed by atoms with van der Waals surface area (Å²) in [5, 5.41) is 0. The quantitative estimate of drug-likeness (QED) is 0.502. The summed E-state index contributed by atoms with van der Waals surface area (Å²) in [5.41, 5.74) is 5.84.